The SMILES string of the molecule is CC(CCNC(=O)CN(C)C(=O)c1ccco1)C(=O)O. The summed E-state index contributed by atoms with van der Waals surface area (Å²) in [6, 6.07) is 3.11. The van der Waals surface area contributed by atoms with Gasteiger partial charge in [0.25, 0.3) is 5.91 Å². The van der Waals surface area contributed by atoms with Crippen molar-refractivity contribution in [1.29, 1.82) is 0 Å². The van der Waals surface area contributed by atoms with Crippen LogP contribution in [0.15, 0.2) is 22.8 Å². The molecule has 0 saturated carbocycles. The number of hydrogen-bond donors (Lipinski definition) is 2. The Bertz CT molecular complexity index is 469. The molecule has 2 N–H and O–H groups in total. The number of carbonyl (C=O) groups is 3. The van der Waals surface area contributed by atoms with E-state index in [0.717, 1.165) is 0 Å². The number of nitrogens with zero attached hydrogens (tertiary/aromatic N) is 1. The van der Waals surface area contributed by atoms with Crippen LogP contribution in [0.3, 0.4) is 0 Å². The molecule has 0 aliphatic carbocycles. The van der Waals surface area contributed by atoms with Crippen molar-refractivity contribution >= 4 is 17.8 Å². The van der Waals surface area contributed by atoms with Crippen LogP contribution < -0.4 is 5.32 Å². The maximum atomic E-state index is 11.8. The molecule has 0 radical (unpaired) electrons. The molecule has 7 nitrogen and oxygen atoms in total. The lowest BCUT2D eigenvalue weighted by Crippen LogP contribution is -2.39. The van der Waals surface area contributed by atoms with Gasteiger partial charge in [0.1, 0.15) is 0 Å². The molecule has 1 unspecified atom stereocenters. The van der Waals surface area contributed by atoms with Crippen LogP contribution in [0.25, 0.3) is 0 Å². The number of carboxylic acids is 1. The van der Waals surface area contributed by atoms with Gasteiger partial charge in [-0.05, 0) is 18.6 Å². The van der Waals surface area contributed by atoms with Crippen LogP contribution >= 0.6 is 0 Å². The average Bonchev–Trinajstić information content (AvgIpc) is 2.91. The minimum atomic E-state index is -0.899. The molecule has 0 spiro atoms. The number of carbonyl (C=O) groups excluding carboxylic acids is 2. The quantitative estimate of drug-likeness (QED) is 0.762. The van der Waals surface area contributed by atoms with E-state index in [1.165, 1.54) is 24.3 Å². The molecule has 1 heterocycles. The van der Waals surface area contributed by atoms with E-state index in [9.17, 15) is 14.4 Å². The molecular weight excluding hydrogens is 264 g/mol. The average molecular weight is 282 g/mol. The lowest BCUT2D eigenvalue weighted by Gasteiger charge is -2.15. The minimum absolute atomic E-state index is 0.110. The number of amides is 2. The largest absolute Gasteiger partial charge is 0.481 e. The van der Waals surface area contributed by atoms with Crippen LogP contribution in [-0.4, -0.2) is 47.9 Å². The zero-order valence-electron chi connectivity index (χ0n) is 11.5. The van der Waals surface area contributed by atoms with E-state index < -0.39 is 11.9 Å². The van der Waals surface area contributed by atoms with Crippen molar-refractivity contribution in [3.05, 3.63) is 24.2 Å². The van der Waals surface area contributed by atoms with E-state index in [4.69, 9.17) is 9.52 Å². The lowest BCUT2D eigenvalue weighted by molar-refractivity contribution is -0.141. The van der Waals surface area contributed by atoms with Gasteiger partial charge >= 0.3 is 5.97 Å². The summed E-state index contributed by atoms with van der Waals surface area (Å²) in [4.78, 5) is 35.2. The number of hydrogen-bond acceptors (Lipinski definition) is 4. The number of furan rings is 1. The van der Waals surface area contributed by atoms with Crippen molar-refractivity contribution in [1.82, 2.24) is 10.2 Å². The number of carboxylic acid groups (broad SMARTS) is 1. The monoisotopic (exact) mass is 282 g/mol. The molecule has 1 atom stereocenters. The van der Waals surface area contributed by atoms with Crippen molar-refractivity contribution in [2.45, 2.75) is 13.3 Å². The first-order chi connectivity index (χ1) is 9.41. The molecule has 0 bridgehead atoms. The Morgan fingerprint density at radius 3 is 2.70 bits per heavy atom. The fraction of sp³-hybridized carbons (Fsp3) is 0.462. The molecule has 1 aromatic rings. The van der Waals surface area contributed by atoms with Gasteiger partial charge in [0.2, 0.25) is 5.91 Å². The molecule has 0 aliphatic heterocycles. The van der Waals surface area contributed by atoms with Gasteiger partial charge in [0.15, 0.2) is 5.76 Å². The van der Waals surface area contributed by atoms with Gasteiger partial charge in [-0.1, -0.05) is 6.92 Å². The third-order valence-corrected chi connectivity index (χ3v) is 2.78. The minimum Gasteiger partial charge on any atom is -0.481 e. The van der Waals surface area contributed by atoms with Gasteiger partial charge in [0.05, 0.1) is 18.7 Å². The second-order valence-corrected chi connectivity index (χ2v) is 4.52. The molecule has 20 heavy (non-hydrogen) atoms. The topological polar surface area (TPSA) is 99.9 Å². The predicted molar refractivity (Wildman–Crippen MR) is 70.1 cm³/mol. The molecule has 1 rings (SSSR count). The Kier molecular flexibility index (Phi) is 5.76. The van der Waals surface area contributed by atoms with E-state index in [1.54, 1.807) is 13.0 Å². The second-order valence-electron chi connectivity index (χ2n) is 4.52. The Hall–Kier alpha value is -2.31. The van der Waals surface area contributed by atoms with Gasteiger partial charge in [-0.3, -0.25) is 14.4 Å². The van der Waals surface area contributed by atoms with Crippen LogP contribution in [0.1, 0.15) is 23.9 Å². The van der Waals surface area contributed by atoms with E-state index in [-0.39, 0.29) is 30.7 Å². The molecule has 0 aromatic carbocycles. The van der Waals surface area contributed by atoms with E-state index in [2.05, 4.69) is 5.32 Å². The van der Waals surface area contributed by atoms with Crippen LogP contribution in [-0.2, 0) is 9.59 Å². The first-order valence-corrected chi connectivity index (χ1v) is 6.20. The molecule has 0 fully saturated rings. The number of nitrogens with one attached hydrogen (secondary N) is 1. The van der Waals surface area contributed by atoms with E-state index >= 15 is 0 Å². The fourth-order valence-electron chi connectivity index (χ4n) is 1.48. The van der Waals surface area contributed by atoms with Crippen molar-refractivity contribution in [3.63, 3.8) is 0 Å². The normalized spacial score (nSPS) is 11.7. The summed E-state index contributed by atoms with van der Waals surface area (Å²) in [7, 11) is 1.49. The number of rotatable bonds is 7. The molecule has 0 aliphatic rings. The smallest absolute Gasteiger partial charge is 0.306 e. The Morgan fingerprint density at radius 1 is 1.45 bits per heavy atom. The Labute approximate surface area is 116 Å². The maximum absolute atomic E-state index is 11.8. The van der Waals surface area contributed by atoms with Crippen molar-refractivity contribution < 1.29 is 23.9 Å². The summed E-state index contributed by atoms with van der Waals surface area (Å²) in [5.41, 5.74) is 0. The standard InChI is InChI=1S/C13H18N2O5/c1-9(13(18)19)5-6-14-11(16)8-15(2)12(17)10-4-3-7-20-10/h3-4,7,9H,5-6,8H2,1-2H3,(H,14,16)(H,18,19). The van der Waals surface area contributed by atoms with Crippen LogP contribution in [0, 0.1) is 5.92 Å². The van der Waals surface area contributed by atoms with Crippen LogP contribution in [0.2, 0.25) is 0 Å². The highest BCUT2D eigenvalue weighted by Gasteiger charge is 2.17. The highest BCUT2D eigenvalue weighted by molar-refractivity contribution is 5.94. The summed E-state index contributed by atoms with van der Waals surface area (Å²) in [6.07, 6.45) is 1.73. The zero-order valence-corrected chi connectivity index (χ0v) is 11.5. The van der Waals surface area contributed by atoms with Gasteiger partial charge in [-0.15, -0.1) is 0 Å². The first kappa shape index (κ1) is 15.7. The number of aliphatic carboxylic acids is 1. The summed E-state index contributed by atoms with van der Waals surface area (Å²) in [5, 5.41) is 11.3. The molecule has 1 aromatic heterocycles. The van der Waals surface area contributed by atoms with Gasteiger partial charge < -0.3 is 19.7 Å². The van der Waals surface area contributed by atoms with Crippen LogP contribution in [0.4, 0.5) is 0 Å². The predicted octanol–water partition coefficient (Wildman–Crippen LogP) is 0.579. The van der Waals surface area contributed by atoms with Gasteiger partial charge in [-0.25, -0.2) is 0 Å². The van der Waals surface area contributed by atoms with Gasteiger partial charge in [-0.2, -0.15) is 0 Å². The van der Waals surface area contributed by atoms with E-state index in [1.807, 2.05) is 0 Å². The number of likely N-dealkylation sites (N-methyl/N-ethyl adjacent to an activating group) is 1. The summed E-state index contributed by atoms with van der Waals surface area (Å²) in [5.74, 6) is -1.98. The Balaban J connectivity index is 2.31. The lowest BCUT2D eigenvalue weighted by atomic mass is 10.1. The van der Waals surface area contributed by atoms with Crippen molar-refractivity contribution in [2.24, 2.45) is 5.92 Å². The van der Waals surface area contributed by atoms with Crippen molar-refractivity contribution in [2.75, 3.05) is 20.1 Å². The summed E-state index contributed by atoms with van der Waals surface area (Å²) < 4.78 is 4.95. The highest BCUT2D eigenvalue weighted by atomic mass is 16.4. The Morgan fingerprint density at radius 2 is 2.15 bits per heavy atom. The van der Waals surface area contributed by atoms with E-state index in [0.29, 0.717) is 6.42 Å². The molecule has 110 valence electrons. The second kappa shape index (κ2) is 7.32. The van der Waals surface area contributed by atoms with Crippen LogP contribution in [0.5, 0.6) is 0 Å². The molecule has 0 saturated heterocycles. The highest BCUT2D eigenvalue weighted by Crippen LogP contribution is 2.04. The molecule has 7 heteroatoms. The van der Waals surface area contributed by atoms with Gasteiger partial charge in [0, 0.05) is 13.6 Å². The maximum Gasteiger partial charge on any atom is 0.306 e. The summed E-state index contributed by atoms with van der Waals surface area (Å²) >= 11 is 0. The summed E-state index contributed by atoms with van der Waals surface area (Å²) in [6.45, 7) is 1.72. The molecular formula is C13H18N2O5. The third-order valence-electron chi connectivity index (χ3n) is 2.78. The third kappa shape index (κ3) is 4.75. The fourth-order valence-corrected chi connectivity index (χ4v) is 1.48. The van der Waals surface area contributed by atoms with Crippen molar-refractivity contribution in [3.8, 4) is 0 Å². The first-order valence-electron chi connectivity index (χ1n) is 6.20. The molecule has 2 amide bonds. The zero-order chi connectivity index (χ0) is 15.1.